The Balaban J connectivity index is 2.48. The van der Waals surface area contributed by atoms with Gasteiger partial charge in [-0.1, -0.05) is 29.8 Å². The van der Waals surface area contributed by atoms with E-state index in [1.165, 1.54) is 18.2 Å². The Morgan fingerprint density at radius 2 is 1.78 bits per heavy atom. The van der Waals surface area contributed by atoms with E-state index in [-0.39, 0.29) is 10.6 Å². The van der Waals surface area contributed by atoms with Crippen LogP contribution in [0.15, 0.2) is 47.4 Å². The highest BCUT2D eigenvalue weighted by Crippen LogP contribution is 2.39. The van der Waals surface area contributed by atoms with Gasteiger partial charge in [0.15, 0.2) is 0 Å². The fourth-order valence-corrected chi connectivity index (χ4v) is 3.08. The Morgan fingerprint density at radius 3 is 2.39 bits per heavy atom. The van der Waals surface area contributed by atoms with Crippen LogP contribution in [0.5, 0.6) is 0 Å². The van der Waals surface area contributed by atoms with Crippen LogP contribution in [0.3, 0.4) is 0 Å². The Hall–Kier alpha value is -2.24. The van der Waals surface area contributed by atoms with E-state index in [0.29, 0.717) is 6.07 Å². The number of hydrogen-bond donors (Lipinski definition) is 0. The van der Waals surface area contributed by atoms with Gasteiger partial charge in [-0.05, 0) is 24.3 Å². The summed E-state index contributed by atoms with van der Waals surface area (Å²) in [5.74, 6) is 0. The van der Waals surface area contributed by atoms with Crippen molar-refractivity contribution >= 4 is 27.3 Å². The predicted octanol–water partition coefficient (Wildman–Crippen LogP) is 4.62. The average molecular weight is 360 g/mol. The van der Waals surface area contributed by atoms with Crippen molar-refractivity contribution in [2.75, 3.05) is 0 Å². The molecule has 0 amide bonds. The van der Waals surface area contributed by atoms with Gasteiger partial charge in [0.2, 0.25) is 0 Å². The van der Waals surface area contributed by atoms with E-state index in [2.05, 4.69) is 4.72 Å². The van der Waals surface area contributed by atoms with E-state index in [9.17, 15) is 21.6 Å². The second-order valence-corrected chi connectivity index (χ2v) is 6.32. The summed E-state index contributed by atoms with van der Waals surface area (Å²) in [5.41, 5.74) is -1.79. The lowest BCUT2D eigenvalue weighted by Crippen LogP contribution is -2.05. The van der Waals surface area contributed by atoms with Crippen LogP contribution >= 0.6 is 11.6 Å². The van der Waals surface area contributed by atoms with Crippen molar-refractivity contribution in [3.8, 4) is 6.07 Å². The van der Waals surface area contributed by atoms with Crippen molar-refractivity contribution in [2.24, 2.45) is 0 Å². The molecule has 0 bridgehead atoms. The van der Waals surface area contributed by atoms with Crippen LogP contribution < -0.4 is 0 Å². The van der Waals surface area contributed by atoms with Gasteiger partial charge in [0.1, 0.15) is 16.1 Å². The lowest BCUT2D eigenvalue weighted by atomic mass is 10.2. The molecule has 2 aromatic carbocycles. The summed E-state index contributed by atoms with van der Waals surface area (Å²) >= 11 is 5.72. The number of rotatable bonds is 3. The van der Waals surface area contributed by atoms with Crippen molar-refractivity contribution in [1.29, 1.82) is 5.26 Å². The SMILES string of the molecule is N#Cc1ccccc1S(=O)(=O)[N-]c1cc(C(F)(F)F)ccc1Cl. The highest BCUT2D eigenvalue weighted by Gasteiger charge is 2.30. The van der Waals surface area contributed by atoms with Gasteiger partial charge in [-0.15, -0.1) is 5.69 Å². The molecule has 0 saturated carbocycles. The van der Waals surface area contributed by atoms with Crippen molar-refractivity contribution in [3.05, 3.63) is 63.3 Å². The zero-order valence-electron chi connectivity index (χ0n) is 11.2. The lowest BCUT2D eigenvalue weighted by Gasteiger charge is -2.24. The molecule has 0 atom stereocenters. The Labute approximate surface area is 135 Å². The first kappa shape index (κ1) is 17.1. The molecular weight excluding hydrogens is 353 g/mol. The molecular formula is C14H7ClF3N2O2S-. The molecule has 2 aromatic rings. The maximum Gasteiger partial charge on any atom is 0.416 e. The fourth-order valence-electron chi connectivity index (χ4n) is 1.72. The molecule has 2 rings (SSSR count). The third-order valence-electron chi connectivity index (χ3n) is 2.78. The van der Waals surface area contributed by atoms with Crippen LogP contribution in [0, 0.1) is 11.3 Å². The van der Waals surface area contributed by atoms with Gasteiger partial charge in [-0.2, -0.15) is 18.4 Å². The summed E-state index contributed by atoms with van der Waals surface area (Å²) in [6.07, 6.45) is -4.66. The highest BCUT2D eigenvalue weighted by molar-refractivity contribution is 7.94. The topological polar surface area (TPSA) is 72.0 Å². The van der Waals surface area contributed by atoms with Gasteiger partial charge in [0, 0.05) is 5.02 Å². The van der Waals surface area contributed by atoms with Gasteiger partial charge in [0.25, 0.3) is 0 Å². The quantitative estimate of drug-likeness (QED) is 0.802. The molecule has 0 spiro atoms. The molecule has 23 heavy (non-hydrogen) atoms. The van der Waals surface area contributed by atoms with Gasteiger partial charge in [-0.3, -0.25) is 0 Å². The van der Waals surface area contributed by atoms with E-state index in [4.69, 9.17) is 16.9 Å². The predicted molar refractivity (Wildman–Crippen MR) is 77.8 cm³/mol. The van der Waals surface area contributed by atoms with Crippen LogP contribution in [-0.2, 0) is 16.2 Å². The second kappa shape index (κ2) is 6.10. The van der Waals surface area contributed by atoms with E-state index < -0.39 is 32.3 Å². The number of sulfonamides is 1. The van der Waals surface area contributed by atoms with Crippen molar-refractivity contribution in [3.63, 3.8) is 0 Å². The molecule has 0 aliphatic rings. The van der Waals surface area contributed by atoms with Gasteiger partial charge < -0.3 is 4.72 Å². The fraction of sp³-hybridized carbons (Fsp3) is 0.0714. The summed E-state index contributed by atoms with van der Waals surface area (Å²) < 4.78 is 65.9. The van der Waals surface area contributed by atoms with Crippen LogP contribution in [0.2, 0.25) is 5.02 Å². The van der Waals surface area contributed by atoms with Crippen LogP contribution in [0.4, 0.5) is 18.9 Å². The molecule has 0 N–H and O–H groups in total. The zero-order chi connectivity index (χ0) is 17.3. The Morgan fingerprint density at radius 1 is 1.13 bits per heavy atom. The van der Waals surface area contributed by atoms with E-state index >= 15 is 0 Å². The monoisotopic (exact) mass is 359 g/mol. The molecule has 0 radical (unpaired) electrons. The molecule has 0 heterocycles. The third kappa shape index (κ3) is 3.75. The minimum atomic E-state index is -4.66. The molecule has 0 aliphatic heterocycles. The normalized spacial score (nSPS) is 11.8. The maximum absolute atomic E-state index is 12.7. The molecule has 0 aliphatic carbocycles. The van der Waals surface area contributed by atoms with E-state index in [1.54, 1.807) is 6.07 Å². The second-order valence-electron chi connectivity index (χ2n) is 4.34. The molecule has 9 heteroatoms. The van der Waals surface area contributed by atoms with Gasteiger partial charge >= 0.3 is 6.18 Å². The van der Waals surface area contributed by atoms with Gasteiger partial charge in [-0.25, -0.2) is 8.42 Å². The average Bonchev–Trinajstić information content (AvgIpc) is 2.48. The number of halogens is 4. The summed E-state index contributed by atoms with van der Waals surface area (Å²) in [6.45, 7) is 0. The molecule has 0 unspecified atom stereocenters. The summed E-state index contributed by atoms with van der Waals surface area (Å²) in [4.78, 5) is -0.407. The first-order valence-corrected chi connectivity index (χ1v) is 7.81. The summed E-state index contributed by atoms with van der Waals surface area (Å²) in [5, 5.41) is 8.67. The van der Waals surface area contributed by atoms with E-state index in [0.717, 1.165) is 18.2 Å². The Kier molecular flexibility index (Phi) is 4.54. The third-order valence-corrected chi connectivity index (χ3v) is 4.45. The van der Waals surface area contributed by atoms with Crippen LogP contribution in [-0.4, -0.2) is 8.42 Å². The summed E-state index contributed by atoms with van der Waals surface area (Å²) in [7, 11) is -4.39. The minimum Gasteiger partial charge on any atom is -0.571 e. The molecule has 0 saturated heterocycles. The number of benzene rings is 2. The number of hydrogen-bond acceptors (Lipinski definition) is 3. The molecule has 0 aromatic heterocycles. The highest BCUT2D eigenvalue weighted by atomic mass is 35.5. The van der Waals surface area contributed by atoms with Crippen molar-refractivity contribution in [1.82, 2.24) is 0 Å². The molecule has 0 fully saturated rings. The maximum atomic E-state index is 12.7. The first-order valence-electron chi connectivity index (χ1n) is 5.99. The molecule has 120 valence electrons. The number of nitrogens with zero attached hydrogens (tertiary/aromatic N) is 2. The largest absolute Gasteiger partial charge is 0.571 e. The van der Waals surface area contributed by atoms with Crippen molar-refractivity contribution in [2.45, 2.75) is 11.1 Å². The van der Waals surface area contributed by atoms with Crippen LogP contribution in [0.1, 0.15) is 11.1 Å². The minimum absolute atomic E-state index is 0.167. The first-order chi connectivity index (χ1) is 10.6. The molecule has 4 nitrogen and oxygen atoms in total. The summed E-state index contributed by atoms with van der Waals surface area (Å²) in [6, 6.07) is 9.08. The number of nitriles is 1. The number of alkyl halides is 3. The Bertz CT molecular complexity index is 890. The zero-order valence-corrected chi connectivity index (χ0v) is 12.7. The van der Waals surface area contributed by atoms with Gasteiger partial charge in [0.05, 0.1) is 16.0 Å². The standard InChI is InChI=1S/C14H7ClF3N2O2S/c15-11-6-5-10(14(16,17)18)7-12(11)20-23(21,22)13-4-2-1-3-9(13)8-19/h1-7H/q-1. The smallest absolute Gasteiger partial charge is 0.416 e. The van der Waals surface area contributed by atoms with Crippen molar-refractivity contribution < 1.29 is 21.6 Å². The lowest BCUT2D eigenvalue weighted by molar-refractivity contribution is -0.137. The van der Waals surface area contributed by atoms with Crippen LogP contribution in [0.25, 0.3) is 4.72 Å². The van der Waals surface area contributed by atoms with E-state index in [1.807, 2.05) is 0 Å².